The number of aryl methyl sites for hydroxylation is 1. The Morgan fingerprint density at radius 2 is 2.00 bits per heavy atom. The van der Waals surface area contributed by atoms with E-state index in [1.807, 2.05) is 38.1 Å². The van der Waals surface area contributed by atoms with E-state index in [1.165, 1.54) is 0 Å². The molecule has 0 radical (unpaired) electrons. The normalized spacial score (nSPS) is 14.4. The third-order valence-electron chi connectivity index (χ3n) is 4.32. The lowest BCUT2D eigenvalue weighted by molar-refractivity contribution is 0.0386. The number of guanidine groups is 1. The minimum atomic E-state index is -1.13. The molecule has 6 heteroatoms. The number of furan rings is 2. The molecule has 0 amide bonds. The quantitative estimate of drug-likeness (QED) is 0.467. The second-order valence-corrected chi connectivity index (χ2v) is 6.45. The van der Waals surface area contributed by atoms with Crippen LogP contribution in [0.4, 0.5) is 0 Å². The molecule has 2 aromatic heterocycles. The van der Waals surface area contributed by atoms with Crippen molar-refractivity contribution in [3.05, 3.63) is 59.7 Å². The summed E-state index contributed by atoms with van der Waals surface area (Å²) in [6.45, 7) is 7.14. The Bertz CT molecular complexity index is 879. The number of aliphatic hydroxyl groups is 1. The molecule has 0 saturated heterocycles. The highest BCUT2D eigenvalue weighted by atomic mass is 16.4. The standard InChI is InChI=1S/C20H25N3O3/c1-4-21-19(23-13-20(3,24)18-10-7-11-25-18)22-12-17-14(2)15-8-5-6-9-16(15)26-17/h5-11,24H,4,12-13H2,1-3H3,(H2,21,22,23). The molecule has 6 nitrogen and oxygen atoms in total. The van der Waals surface area contributed by atoms with Crippen molar-refractivity contribution in [3.63, 3.8) is 0 Å². The lowest BCUT2D eigenvalue weighted by atomic mass is 10.0. The Kier molecular flexibility index (Phi) is 5.32. The van der Waals surface area contributed by atoms with E-state index in [9.17, 15) is 5.11 Å². The summed E-state index contributed by atoms with van der Waals surface area (Å²) in [5, 5.41) is 18.0. The molecule has 2 heterocycles. The van der Waals surface area contributed by atoms with Crippen LogP contribution >= 0.6 is 0 Å². The maximum absolute atomic E-state index is 10.6. The molecule has 0 aliphatic heterocycles. The van der Waals surface area contributed by atoms with Crippen LogP contribution < -0.4 is 10.6 Å². The van der Waals surface area contributed by atoms with Gasteiger partial charge in [0.15, 0.2) is 5.96 Å². The van der Waals surface area contributed by atoms with Crippen molar-refractivity contribution in [2.24, 2.45) is 4.99 Å². The molecule has 1 unspecified atom stereocenters. The SMILES string of the molecule is CCNC(=NCc1oc2ccccc2c1C)NCC(C)(O)c1ccco1. The number of fused-ring (bicyclic) bond motifs is 1. The second-order valence-electron chi connectivity index (χ2n) is 6.45. The van der Waals surface area contributed by atoms with E-state index in [0.717, 1.165) is 22.3 Å². The van der Waals surface area contributed by atoms with Gasteiger partial charge in [-0.05, 0) is 39.0 Å². The zero-order chi connectivity index (χ0) is 18.6. The molecule has 3 N–H and O–H groups in total. The Morgan fingerprint density at radius 3 is 2.69 bits per heavy atom. The second kappa shape index (κ2) is 7.66. The molecule has 3 aromatic rings. The predicted octanol–water partition coefficient (Wildman–Crippen LogP) is 3.30. The Balaban J connectivity index is 1.71. The van der Waals surface area contributed by atoms with Gasteiger partial charge >= 0.3 is 0 Å². The van der Waals surface area contributed by atoms with E-state index in [4.69, 9.17) is 8.83 Å². The highest BCUT2D eigenvalue weighted by Gasteiger charge is 2.26. The minimum absolute atomic E-state index is 0.269. The number of para-hydroxylation sites is 1. The van der Waals surface area contributed by atoms with Crippen LogP contribution in [0.1, 0.15) is 30.9 Å². The fourth-order valence-corrected chi connectivity index (χ4v) is 2.80. The third-order valence-corrected chi connectivity index (χ3v) is 4.32. The van der Waals surface area contributed by atoms with Gasteiger partial charge in [0.05, 0.1) is 12.8 Å². The average Bonchev–Trinajstić information content (AvgIpc) is 3.27. The van der Waals surface area contributed by atoms with Gasteiger partial charge in [-0.15, -0.1) is 0 Å². The minimum Gasteiger partial charge on any atom is -0.466 e. The first-order chi connectivity index (χ1) is 12.5. The molecule has 0 spiro atoms. The number of rotatable bonds is 6. The number of benzene rings is 1. The number of nitrogens with zero attached hydrogens (tertiary/aromatic N) is 1. The summed E-state index contributed by atoms with van der Waals surface area (Å²) in [6.07, 6.45) is 1.55. The summed E-state index contributed by atoms with van der Waals surface area (Å²) < 4.78 is 11.2. The molecule has 0 saturated carbocycles. The molecule has 26 heavy (non-hydrogen) atoms. The van der Waals surface area contributed by atoms with Gasteiger partial charge in [-0.2, -0.15) is 0 Å². The third kappa shape index (κ3) is 3.91. The summed E-state index contributed by atoms with van der Waals surface area (Å²) in [7, 11) is 0. The zero-order valence-electron chi connectivity index (χ0n) is 15.4. The van der Waals surface area contributed by atoms with Crippen LogP contribution in [-0.2, 0) is 12.1 Å². The molecular formula is C20H25N3O3. The Labute approximate surface area is 152 Å². The number of hydrogen-bond donors (Lipinski definition) is 3. The van der Waals surface area contributed by atoms with Gasteiger partial charge in [0, 0.05) is 17.5 Å². The smallest absolute Gasteiger partial charge is 0.191 e. The summed E-state index contributed by atoms with van der Waals surface area (Å²) in [5.74, 6) is 1.95. The van der Waals surface area contributed by atoms with E-state index in [1.54, 1.807) is 25.3 Å². The first kappa shape index (κ1) is 18.1. The summed E-state index contributed by atoms with van der Waals surface area (Å²) in [5.41, 5.74) is 0.839. The van der Waals surface area contributed by atoms with E-state index in [2.05, 4.69) is 15.6 Å². The van der Waals surface area contributed by atoms with E-state index >= 15 is 0 Å². The van der Waals surface area contributed by atoms with Crippen LogP contribution in [0.25, 0.3) is 11.0 Å². The van der Waals surface area contributed by atoms with Crippen LogP contribution in [0, 0.1) is 6.92 Å². The molecule has 1 aromatic carbocycles. The van der Waals surface area contributed by atoms with Gasteiger partial charge in [0.2, 0.25) is 0 Å². The predicted molar refractivity (Wildman–Crippen MR) is 102 cm³/mol. The summed E-state index contributed by atoms with van der Waals surface area (Å²) in [6, 6.07) is 11.5. The topological polar surface area (TPSA) is 82.9 Å². The number of hydrogen-bond acceptors (Lipinski definition) is 4. The highest BCUT2D eigenvalue weighted by molar-refractivity contribution is 5.82. The van der Waals surface area contributed by atoms with Crippen LogP contribution in [0.5, 0.6) is 0 Å². The van der Waals surface area contributed by atoms with Crippen LogP contribution in [0.15, 0.2) is 56.5 Å². The lowest BCUT2D eigenvalue weighted by Crippen LogP contribution is -2.44. The van der Waals surface area contributed by atoms with Crippen molar-refractivity contribution in [1.29, 1.82) is 0 Å². The monoisotopic (exact) mass is 355 g/mol. The molecule has 0 fully saturated rings. The highest BCUT2D eigenvalue weighted by Crippen LogP contribution is 2.25. The molecule has 138 valence electrons. The Morgan fingerprint density at radius 1 is 1.19 bits per heavy atom. The van der Waals surface area contributed by atoms with Gasteiger partial charge in [0.1, 0.15) is 29.2 Å². The maximum Gasteiger partial charge on any atom is 0.191 e. The molecular weight excluding hydrogens is 330 g/mol. The maximum atomic E-state index is 10.6. The lowest BCUT2D eigenvalue weighted by Gasteiger charge is -2.22. The largest absolute Gasteiger partial charge is 0.466 e. The Hall–Kier alpha value is -2.73. The van der Waals surface area contributed by atoms with Crippen LogP contribution in [0.3, 0.4) is 0 Å². The molecule has 0 aliphatic carbocycles. The van der Waals surface area contributed by atoms with Crippen molar-refractivity contribution >= 4 is 16.9 Å². The number of nitrogens with one attached hydrogen (secondary N) is 2. The molecule has 0 bridgehead atoms. The van der Waals surface area contributed by atoms with E-state index in [-0.39, 0.29) is 6.54 Å². The van der Waals surface area contributed by atoms with Crippen molar-refractivity contribution in [1.82, 2.24) is 10.6 Å². The van der Waals surface area contributed by atoms with Crippen LogP contribution in [0.2, 0.25) is 0 Å². The van der Waals surface area contributed by atoms with E-state index < -0.39 is 5.60 Å². The summed E-state index contributed by atoms with van der Waals surface area (Å²) >= 11 is 0. The van der Waals surface area contributed by atoms with Gasteiger partial charge < -0.3 is 24.6 Å². The first-order valence-electron chi connectivity index (χ1n) is 8.77. The van der Waals surface area contributed by atoms with Crippen molar-refractivity contribution in [2.45, 2.75) is 32.9 Å². The van der Waals surface area contributed by atoms with E-state index in [0.29, 0.717) is 24.8 Å². The van der Waals surface area contributed by atoms with Gasteiger partial charge in [-0.3, -0.25) is 0 Å². The molecule has 3 rings (SSSR count). The fraction of sp³-hybridized carbons (Fsp3) is 0.350. The van der Waals surface area contributed by atoms with Crippen molar-refractivity contribution in [2.75, 3.05) is 13.1 Å². The molecule has 1 atom stereocenters. The van der Waals surface area contributed by atoms with Gasteiger partial charge in [-0.1, -0.05) is 18.2 Å². The van der Waals surface area contributed by atoms with Crippen molar-refractivity contribution < 1.29 is 13.9 Å². The van der Waals surface area contributed by atoms with Gasteiger partial charge in [0.25, 0.3) is 0 Å². The zero-order valence-corrected chi connectivity index (χ0v) is 15.4. The van der Waals surface area contributed by atoms with Gasteiger partial charge in [-0.25, -0.2) is 4.99 Å². The summed E-state index contributed by atoms with van der Waals surface area (Å²) in [4.78, 5) is 4.58. The van der Waals surface area contributed by atoms with Crippen molar-refractivity contribution in [3.8, 4) is 0 Å². The molecule has 0 aliphatic rings. The van der Waals surface area contributed by atoms with Crippen LogP contribution in [-0.4, -0.2) is 24.2 Å². The fourth-order valence-electron chi connectivity index (χ4n) is 2.80. The average molecular weight is 355 g/mol. The first-order valence-corrected chi connectivity index (χ1v) is 8.77. The number of aliphatic imine (C=N–C) groups is 1.